The van der Waals surface area contributed by atoms with Crippen LogP contribution in [0.5, 0.6) is 0 Å². The quantitative estimate of drug-likeness (QED) is 0.341. The van der Waals surface area contributed by atoms with Gasteiger partial charge in [-0.15, -0.1) is 15.7 Å². The van der Waals surface area contributed by atoms with Crippen molar-refractivity contribution in [3.05, 3.63) is 11.4 Å². The molecule has 1 rings (SSSR count). The van der Waals surface area contributed by atoms with Gasteiger partial charge >= 0.3 is 0 Å². The van der Waals surface area contributed by atoms with E-state index in [1.54, 1.807) is 0 Å². The molecule has 8 heavy (non-hydrogen) atoms. The molecule has 1 heteroatoms. The molecule has 0 saturated carbocycles. The molecule has 0 radical (unpaired) electrons. The second kappa shape index (κ2) is 2.33. The monoisotopic (exact) mass is 124 g/mol. The molecule has 0 heterocycles. The van der Waals surface area contributed by atoms with Gasteiger partial charge in [0.2, 0.25) is 0 Å². The third-order valence-electron chi connectivity index (χ3n) is 1.44. The zero-order valence-corrected chi connectivity index (χ0v) is 5.88. The van der Waals surface area contributed by atoms with Gasteiger partial charge in [0.1, 0.15) is 0 Å². The summed E-state index contributed by atoms with van der Waals surface area (Å²) in [6, 6.07) is 0. The van der Waals surface area contributed by atoms with Crippen molar-refractivity contribution in [1.29, 1.82) is 0 Å². The Bertz CT molecular complexity index is 150. The van der Waals surface area contributed by atoms with E-state index in [1.807, 2.05) is 0 Å². The van der Waals surface area contributed by atoms with E-state index in [9.17, 15) is 0 Å². The Hall–Kier alpha value is -0.270. The Morgan fingerprint density at radius 2 is 2.62 bits per heavy atom. The van der Waals surface area contributed by atoms with Crippen LogP contribution in [0, 0.1) is 18.3 Å². The van der Waals surface area contributed by atoms with E-state index in [1.165, 1.54) is 5.31 Å². The van der Waals surface area contributed by atoms with Crippen LogP contribution in [0.15, 0.2) is 11.4 Å². The standard InChI is InChI=1S/C7H9P/c1-2-6-4-3-5-7(6)8/h1,5-6H,3-4,8H2. The van der Waals surface area contributed by atoms with Crippen molar-refractivity contribution >= 4 is 9.24 Å². The zero-order valence-electron chi connectivity index (χ0n) is 4.72. The maximum atomic E-state index is 5.22. The molecule has 0 aromatic heterocycles. The highest BCUT2D eigenvalue weighted by molar-refractivity contribution is 7.22. The maximum absolute atomic E-state index is 5.22. The van der Waals surface area contributed by atoms with Crippen molar-refractivity contribution in [3.63, 3.8) is 0 Å². The number of allylic oxidation sites excluding steroid dienone is 2. The van der Waals surface area contributed by atoms with Gasteiger partial charge in [-0.05, 0) is 18.2 Å². The van der Waals surface area contributed by atoms with E-state index >= 15 is 0 Å². The molecule has 0 amide bonds. The van der Waals surface area contributed by atoms with Crippen LogP contribution >= 0.6 is 9.24 Å². The third-order valence-corrected chi connectivity index (χ3v) is 2.08. The first-order valence-electron chi connectivity index (χ1n) is 2.76. The van der Waals surface area contributed by atoms with Gasteiger partial charge in [-0.2, -0.15) is 0 Å². The average molecular weight is 124 g/mol. The fourth-order valence-corrected chi connectivity index (χ4v) is 1.33. The van der Waals surface area contributed by atoms with Gasteiger partial charge in [0.25, 0.3) is 0 Å². The normalized spacial score (nSPS) is 27.0. The maximum Gasteiger partial charge on any atom is 0.0448 e. The summed E-state index contributed by atoms with van der Waals surface area (Å²) < 4.78 is 0. The fraction of sp³-hybridized carbons (Fsp3) is 0.429. The van der Waals surface area contributed by atoms with Gasteiger partial charge in [-0.3, -0.25) is 0 Å². The minimum Gasteiger partial charge on any atom is -0.119 e. The third kappa shape index (κ3) is 0.932. The lowest BCUT2D eigenvalue weighted by molar-refractivity contribution is 0.790. The molecule has 0 nitrogen and oxygen atoms in total. The molecule has 0 spiro atoms. The first kappa shape index (κ1) is 5.86. The van der Waals surface area contributed by atoms with Gasteiger partial charge in [-0.25, -0.2) is 0 Å². The van der Waals surface area contributed by atoms with Gasteiger partial charge in [0.05, 0.1) is 0 Å². The summed E-state index contributed by atoms with van der Waals surface area (Å²) in [6.07, 6.45) is 9.72. The Morgan fingerprint density at radius 3 is 2.88 bits per heavy atom. The topological polar surface area (TPSA) is 0 Å². The minimum atomic E-state index is 0.417. The van der Waals surface area contributed by atoms with Crippen LogP contribution in [0.1, 0.15) is 12.8 Å². The molecule has 0 aliphatic heterocycles. The molecule has 0 saturated heterocycles. The van der Waals surface area contributed by atoms with Crippen molar-refractivity contribution in [2.24, 2.45) is 5.92 Å². The summed E-state index contributed by atoms with van der Waals surface area (Å²) in [5, 5.41) is 1.30. The highest BCUT2D eigenvalue weighted by Crippen LogP contribution is 2.29. The van der Waals surface area contributed by atoms with E-state index in [-0.39, 0.29) is 0 Å². The summed E-state index contributed by atoms with van der Waals surface area (Å²) in [6.45, 7) is 0. The summed E-state index contributed by atoms with van der Waals surface area (Å²) in [5.74, 6) is 3.14. The first-order chi connectivity index (χ1) is 3.84. The van der Waals surface area contributed by atoms with Crippen LogP contribution < -0.4 is 0 Å². The molecular formula is C7H9P. The predicted octanol–water partition coefficient (Wildman–Crippen LogP) is 1.79. The summed E-state index contributed by atoms with van der Waals surface area (Å²) in [7, 11) is 2.68. The molecule has 0 N–H and O–H groups in total. The van der Waals surface area contributed by atoms with Gasteiger partial charge in [0, 0.05) is 5.92 Å². The fourth-order valence-electron chi connectivity index (χ4n) is 0.905. The van der Waals surface area contributed by atoms with Gasteiger partial charge < -0.3 is 0 Å². The Morgan fingerprint density at radius 1 is 1.88 bits per heavy atom. The van der Waals surface area contributed by atoms with E-state index in [0.29, 0.717) is 5.92 Å². The lowest BCUT2D eigenvalue weighted by Gasteiger charge is -1.98. The lowest BCUT2D eigenvalue weighted by atomic mass is 10.1. The molecule has 0 aromatic carbocycles. The largest absolute Gasteiger partial charge is 0.119 e. The molecule has 1 aliphatic carbocycles. The van der Waals surface area contributed by atoms with E-state index in [0.717, 1.165) is 12.8 Å². The molecule has 1 aliphatic rings. The van der Waals surface area contributed by atoms with Crippen LogP contribution in [0.4, 0.5) is 0 Å². The molecule has 0 bridgehead atoms. The molecule has 0 aromatic rings. The second-order valence-corrected chi connectivity index (χ2v) is 2.67. The van der Waals surface area contributed by atoms with Crippen LogP contribution in [0.2, 0.25) is 0 Å². The van der Waals surface area contributed by atoms with Crippen molar-refractivity contribution in [1.82, 2.24) is 0 Å². The highest BCUT2D eigenvalue weighted by atomic mass is 31.0. The van der Waals surface area contributed by atoms with E-state index < -0.39 is 0 Å². The predicted molar refractivity (Wildman–Crippen MR) is 39.4 cm³/mol. The van der Waals surface area contributed by atoms with Crippen molar-refractivity contribution in [3.8, 4) is 12.3 Å². The van der Waals surface area contributed by atoms with Crippen LogP contribution in [-0.2, 0) is 0 Å². The van der Waals surface area contributed by atoms with Crippen LogP contribution in [0.3, 0.4) is 0 Å². The summed E-state index contributed by atoms with van der Waals surface area (Å²) in [5.41, 5.74) is 0. The molecular weight excluding hydrogens is 115 g/mol. The first-order valence-corrected chi connectivity index (χ1v) is 3.34. The Labute approximate surface area is 52.6 Å². The molecule has 2 unspecified atom stereocenters. The molecule has 0 fully saturated rings. The number of rotatable bonds is 0. The number of terminal acetylenes is 1. The smallest absolute Gasteiger partial charge is 0.0448 e. The number of hydrogen-bond acceptors (Lipinski definition) is 0. The average Bonchev–Trinajstić information content (AvgIpc) is 2.14. The highest BCUT2D eigenvalue weighted by Gasteiger charge is 2.11. The molecule has 2 atom stereocenters. The SMILES string of the molecule is C#CC1CCC=C1P. The lowest BCUT2D eigenvalue weighted by Crippen LogP contribution is -1.87. The van der Waals surface area contributed by atoms with Crippen LogP contribution in [-0.4, -0.2) is 0 Å². The zero-order chi connectivity index (χ0) is 5.98. The minimum absolute atomic E-state index is 0.417. The van der Waals surface area contributed by atoms with Gasteiger partial charge in [-0.1, -0.05) is 12.0 Å². The van der Waals surface area contributed by atoms with Gasteiger partial charge in [0.15, 0.2) is 0 Å². The molecule has 42 valence electrons. The van der Waals surface area contributed by atoms with E-state index in [2.05, 4.69) is 21.2 Å². The van der Waals surface area contributed by atoms with Crippen molar-refractivity contribution < 1.29 is 0 Å². The van der Waals surface area contributed by atoms with Crippen LogP contribution in [0.25, 0.3) is 0 Å². The Kier molecular flexibility index (Phi) is 1.71. The van der Waals surface area contributed by atoms with E-state index in [4.69, 9.17) is 6.42 Å². The summed E-state index contributed by atoms with van der Waals surface area (Å²) in [4.78, 5) is 0. The second-order valence-electron chi connectivity index (χ2n) is 2.00. The van der Waals surface area contributed by atoms with Crippen molar-refractivity contribution in [2.75, 3.05) is 0 Å². The Balaban J connectivity index is 2.63. The summed E-state index contributed by atoms with van der Waals surface area (Å²) >= 11 is 0. The number of hydrogen-bond donors (Lipinski definition) is 0. The van der Waals surface area contributed by atoms with Crippen molar-refractivity contribution in [2.45, 2.75) is 12.8 Å².